The fourth-order valence-corrected chi connectivity index (χ4v) is 1.50. The molecule has 0 aliphatic heterocycles. The number of aryl methyl sites for hydroxylation is 2. The molecule has 19 heavy (non-hydrogen) atoms. The predicted molar refractivity (Wildman–Crippen MR) is 65.6 cm³/mol. The molecule has 0 spiro atoms. The van der Waals surface area contributed by atoms with Crippen LogP contribution in [-0.4, -0.2) is 36.5 Å². The molecular weight excluding hydrogens is 250 g/mol. The Morgan fingerprint density at radius 3 is 2.68 bits per heavy atom. The summed E-state index contributed by atoms with van der Waals surface area (Å²) in [4.78, 5) is 22.2. The van der Waals surface area contributed by atoms with Gasteiger partial charge in [0, 0.05) is 38.5 Å². The van der Waals surface area contributed by atoms with Crippen molar-refractivity contribution in [2.24, 2.45) is 7.05 Å². The summed E-state index contributed by atoms with van der Waals surface area (Å²) in [5, 5.41) is 19.2. The number of carboxylic acids is 1. The van der Waals surface area contributed by atoms with Gasteiger partial charge in [0.05, 0.1) is 0 Å². The molecule has 0 unspecified atom stereocenters. The third kappa shape index (κ3) is 3.41. The van der Waals surface area contributed by atoms with E-state index in [4.69, 9.17) is 5.11 Å². The van der Waals surface area contributed by atoms with Crippen molar-refractivity contribution in [2.45, 2.75) is 13.0 Å². The number of carboxylic acid groups (broad SMARTS) is 1. The molecule has 8 nitrogen and oxygen atoms in total. The van der Waals surface area contributed by atoms with Crippen LogP contribution in [0.5, 0.6) is 0 Å². The van der Waals surface area contributed by atoms with Crippen LogP contribution in [0.2, 0.25) is 0 Å². The second-order valence-electron chi connectivity index (χ2n) is 3.94. The van der Waals surface area contributed by atoms with Crippen LogP contribution >= 0.6 is 0 Å². The Balaban J connectivity index is 1.84. The van der Waals surface area contributed by atoms with Crippen molar-refractivity contribution in [3.05, 3.63) is 30.2 Å². The Kier molecular flexibility index (Phi) is 3.60. The van der Waals surface area contributed by atoms with Crippen LogP contribution in [0.15, 0.2) is 24.5 Å². The molecule has 0 bridgehead atoms. The molecule has 0 aromatic carbocycles. The van der Waals surface area contributed by atoms with Crippen LogP contribution in [0, 0.1) is 0 Å². The molecule has 0 saturated heterocycles. The van der Waals surface area contributed by atoms with E-state index in [1.807, 2.05) is 0 Å². The van der Waals surface area contributed by atoms with Gasteiger partial charge >= 0.3 is 5.97 Å². The van der Waals surface area contributed by atoms with E-state index in [9.17, 15) is 9.59 Å². The van der Waals surface area contributed by atoms with Gasteiger partial charge in [-0.25, -0.2) is 4.79 Å². The first-order valence-electron chi connectivity index (χ1n) is 5.61. The summed E-state index contributed by atoms with van der Waals surface area (Å²) < 4.78 is 3.00. The molecule has 2 rings (SSSR count). The van der Waals surface area contributed by atoms with Crippen molar-refractivity contribution >= 4 is 17.7 Å². The number of rotatable bonds is 5. The molecule has 0 radical (unpaired) electrons. The summed E-state index contributed by atoms with van der Waals surface area (Å²) in [5.74, 6) is -0.804. The number of aromatic nitrogens is 4. The lowest BCUT2D eigenvalue weighted by atomic mass is 10.4. The maximum absolute atomic E-state index is 11.6. The molecular formula is C11H13N5O3. The first kappa shape index (κ1) is 12.8. The second-order valence-corrected chi connectivity index (χ2v) is 3.94. The quantitative estimate of drug-likeness (QED) is 0.810. The van der Waals surface area contributed by atoms with Gasteiger partial charge in [0.25, 0.3) is 0 Å². The van der Waals surface area contributed by atoms with Gasteiger partial charge in [-0.2, -0.15) is 10.2 Å². The fraction of sp³-hybridized carbons (Fsp3) is 0.273. The number of nitrogens with zero attached hydrogens (tertiary/aromatic N) is 4. The van der Waals surface area contributed by atoms with E-state index in [0.29, 0.717) is 12.4 Å². The Morgan fingerprint density at radius 1 is 1.32 bits per heavy atom. The number of anilines is 1. The standard InChI is InChI=1S/C11H13N5O3/c1-15-5-3-9(14-15)12-10(17)4-7-16-6-2-8(13-16)11(18)19/h2-3,5-6H,4,7H2,1H3,(H,18,19)(H,12,14,17). The lowest BCUT2D eigenvalue weighted by molar-refractivity contribution is -0.116. The van der Waals surface area contributed by atoms with Crippen molar-refractivity contribution in [1.29, 1.82) is 0 Å². The van der Waals surface area contributed by atoms with E-state index in [-0.39, 0.29) is 18.0 Å². The summed E-state index contributed by atoms with van der Waals surface area (Å²) >= 11 is 0. The first-order valence-corrected chi connectivity index (χ1v) is 5.61. The topological polar surface area (TPSA) is 102 Å². The maximum Gasteiger partial charge on any atom is 0.356 e. The van der Waals surface area contributed by atoms with Gasteiger partial charge < -0.3 is 10.4 Å². The van der Waals surface area contributed by atoms with Gasteiger partial charge in [-0.05, 0) is 6.07 Å². The lowest BCUT2D eigenvalue weighted by Crippen LogP contribution is -2.15. The van der Waals surface area contributed by atoms with Crippen LogP contribution in [0.1, 0.15) is 16.9 Å². The number of amides is 1. The van der Waals surface area contributed by atoms with Crippen molar-refractivity contribution in [3.63, 3.8) is 0 Å². The van der Waals surface area contributed by atoms with Crippen LogP contribution in [0.3, 0.4) is 0 Å². The van der Waals surface area contributed by atoms with E-state index in [0.717, 1.165) is 0 Å². The van der Waals surface area contributed by atoms with Gasteiger partial charge in [0.1, 0.15) is 0 Å². The average Bonchev–Trinajstić information content (AvgIpc) is 2.96. The summed E-state index contributed by atoms with van der Waals surface area (Å²) in [7, 11) is 1.76. The van der Waals surface area contributed by atoms with Crippen LogP contribution in [0.25, 0.3) is 0 Å². The van der Waals surface area contributed by atoms with E-state index < -0.39 is 5.97 Å². The molecule has 0 atom stereocenters. The fourth-order valence-electron chi connectivity index (χ4n) is 1.50. The molecule has 0 fully saturated rings. The molecule has 100 valence electrons. The number of hydrogen-bond acceptors (Lipinski definition) is 4. The summed E-state index contributed by atoms with van der Waals surface area (Å²) in [5.41, 5.74) is -0.0369. The summed E-state index contributed by atoms with van der Waals surface area (Å²) in [6.45, 7) is 0.311. The molecule has 8 heteroatoms. The van der Waals surface area contributed by atoms with E-state index in [1.54, 1.807) is 24.0 Å². The van der Waals surface area contributed by atoms with Gasteiger partial charge in [-0.1, -0.05) is 0 Å². The van der Waals surface area contributed by atoms with Gasteiger partial charge in [-0.15, -0.1) is 0 Å². The molecule has 0 aliphatic rings. The number of hydrogen-bond donors (Lipinski definition) is 2. The first-order chi connectivity index (χ1) is 9.04. The van der Waals surface area contributed by atoms with Crippen LogP contribution in [0.4, 0.5) is 5.82 Å². The highest BCUT2D eigenvalue weighted by molar-refractivity contribution is 5.89. The molecule has 1 amide bonds. The molecule has 2 heterocycles. The minimum Gasteiger partial charge on any atom is -0.476 e. The Hall–Kier alpha value is -2.64. The zero-order valence-electron chi connectivity index (χ0n) is 10.3. The highest BCUT2D eigenvalue weighted by Crippen LogP contribution is 2.02. The van der Waals surface area contributed by atoms with Crippen molar-refractivity contribution in [3.8, 4) is 0 Å². The van der Waals surface area contributed by atoms with Crippen molar-refractivity contribution < 1.29 is 14.7 Å². The summed E-state index contributed by atoms with van der Waals surface area (Å²) in [6, 6.07) is 3.08. The summed E-state index contributed by atoms with van der Waals surface area (Å²) in [6.07, 6.45) is 3.44. The highest BCUT2D eigenvalue weighted by Gasteiger charge is 2.08. The third-order valence-corrected chi connectivity index (χ3v) is 2.41. The number of carbonyl (C=O) groups is 2. The highest BCUT2D eigenvalue weighted by atomic mass is 16.4. The van der Waals surface area contributed by atoms with Crippen molar-refractivity contribution in [2.75, 3.05) is 5.32 Å². The zero-order chi connectivity index (χ0) is 13.8. The normalized spacial score (nSPS) is 10.4. The molecule has 2 aromatic rings. The van der Waals surface area contributed by atoms with Crippen LogP contribution in [-0.2, 0) is 18.4 Å². The third-order valence-electron chi connectivity index (χ3n) is 2.41. The Morgan fingerprint density at radius 2 is 2.11 bits per heavy atom. The molecule has 0 saturated carbocycles. The Labute approximate surface area is 108 Å². The monoisotopic (exact) mass is 263 g/mol. The Bertz CT molecular complexity index is 601. The van der Waals surface area contributed by atoms with E-state index >= 15 is 0 Å². The molecule has 2 N–H and O–H groups in total. The maximum atomic E-state index is 11.6. The smallest absolute Gasteiger partial charge is 0.356 e. The number of aromatic carboxylic acids is 1. The number of nitrogens with one attached hydrogen (secondary N) is 1. The van der Waals surface area contributed by atoms with E-state index in [1.165, 1.54) is 16.9 Å². The van der Waals surface area contributed by atoms with Gasteiger partial charge in [0.15, 0.2) is 11.5 Å². The van der Waals surface area contributed by atoms with Gasteiger partial charge in [-0.3, -0.25) is 14.2 Å². The second kappa shape index (κ2) is 5.34. The van der Waals surface area contributed by atoms with Crippen LogP contribution < -0.4 is 5.32 Å². The zero-order valence-corrected chi connectivity index (χ0v) is 10.3. The SMILES string of the molecule is Cn1ccc(NC(=O)CCn2ccc(C(=O)O)n2)n1. The molecule has 0 aliphatic carbocycles. The van der Waals surface area contributed by atoms with E-state index in [2.05, 4.69) is 15.5 Å². The largest absolute Gasteiger partial charge is 0.476 e. The predicted octanol–water partition coefficient (Wildman–Crippen LogP) is 0.344. The average molecular weight is 263 g/mol. The van der Waals surface area contributed by atoms with Crippen molar-refractivity contribution in [1.82, 2.24) is 19.6 Å². The molecule has 2 aromatic heterocycles. The number of carbonyl (C=O) groups excluding carboxylic acids is 1. The minimum atomic E-state index is -1.09. The minimum absolute atomic E-state index is 0.0369. The lowest BCUT2D eigenvalue weighted by Gasteiger charge is -2.02. The van der Waals surface area contributed by atoms with Gasteiger partial charge in [0.2, 0.25) is 5.91 Å².